The molecule has 0 N–H and O–H groups in total. The van der Waals surface area contributed by atoms with Gasteiger partial charge in [0.25, 0.3) is 0 Å². The van der Waals surface area contributed by atoms with Crippen LogP contribution in [0, 0.1) is 0 Å². The van der Waals surface area contributed by atoms with Gasteiger partial charge in [-0.3, -0.25) is 0 Å². The van der Waals surface area contributed by atoms with Crippen LogP contribution in [-0.4, -0.2) is 43.8 Å². The number of thiazole rings is 1. The van der Waals surface area contributed by atoms with Gasteiger partial charge in [0.05, 0.1) is 29.4 Å². The SMILES string of the molecule is CCOc1ccc(N=c2scc(-c3ccc(S(=O)(=O)N(CC)CC)cc3)n2Cc2ccc3c(c2)OCO3)cc1. The lowest BCUT2D eigenvalue weighted by Crippen LogP contribution is -2.30. The minimum absolute atomic E-state index is 0.219. The second-order valence-electron chi connectivity index (χ2n) is 8.83. The number of hydrogen-bond acceptors (Lipinski definition) is 7. The number of ether oxygens (including phenoxy) is 3. The van der Waals surface area contributed by atoms with Crippen LogP contribution >= 0.6 is 11.3 Å². The van der Waals surface area contributed by atoms with E-state index in [1.165, 1.54) is 15.6 Å². The minimum atomic E-state index is -3.53. The number of hydrogen-bond donors (Lipinski definition) is 0. The summed E-state index contributed by atoms with van der Waals surface area (Å²) < 4.78 is 46.2. The summed E-state index contributed by atoms with van der Waals surface area (Å²) in [5, 5.41) is 2.05. The van der Waals surface area contributed by atoms with Crippen molar-refractivity contribution in [2.45, 2.75) is 32.2 Å². The summed E-state index contributed by atoms with van der Waals surface area (Å²) in [4.78, 5) is 6.02. The first-order chi connectivity index (χ1) is 18.9. The highest BCUT2D eigenvalue weighted by Gasteiger charge is 2.22. The van der Waals surface area contributed by atoms with E-state index < -0.39 is 10.0 Å². The number of aromatic nitrogens is 1. The Morgan fingerprint density at radius 1 is 0.949 bits per heavy atom. The summed E-state index contributed by atoms with van der Waals surface area (Å²) in [5.74, 6) is 2.26. The van der Waals surface area contributed by atoms with E-state index in [0.29, 0.717) is 26.2 Å². The zero-order valence-electron chi connectivity index (χ0n) is 22.2. The lowest BCUT2D eigenvalue weighted by molar-refractivity contribution is 0.174. The van der Waals surface area contributed by atoms with Crippen molar-refractivity contribution in [2.75, 3.05) is 26.5 Å². The Labute approximate surface area is 232 Å². The molecule has 39 heavy (non-hydrogen) atoms. The summed E-state index contributed by atoms with van der Waals surface area (Å²) in [6.07, 6.45) is 0. The molecule has 0 bridgehead atoms. The number of nitrogens with zero attached hydrogens (tertiary/aromatic N) is 3. The van der Waals surface area contributed by atoms with Crippen molar-refractivity contribution in [1.29, 1.82) is 0 Å². The molecule has 3 aromatic carbocycles. The van der Waals surface area contributed by atoms with Crippen molar-refractivity contribution in [3.05, 3.63) is 82.5 Å². The predicted molar refractivity (Wildman–Crippen MR) is 152 cm³/mol. The average Bonchev–Trinajstić information content (AvgIpc) is 3.57. The highest BCUT2D eigenvalue weighted by Crippen LogP contribution is 2.33. The molecule has 0 saturated carbocycles. The van der Waals surface area contributed by atoms with Crippen LogP contribution in [0.3, 0.4) is 0 Å². The lowest BCUT2D eigenvalue weighted by Gasteiger charge is -2.18. The van der Waals surface area contributed by atoms with Crippen molar-refractivity contribution in [3.8, 4) is 28.5 Å². The van der Waals surface area contributed by atoms with Gasteiger partial charge in [-0.15, -0.1) is 11.3 Å². The van der Waals surface area contributed by atoms with Gasteiger partial charge in [0.2, 0.25) is 16.8 Å². The molecular formula is C29H31N3O5S2. The molecule has 1 aliphatic rings. The van der Waals surface area contributed by atoms with E-state index in [9.17, 15) is 8.42 Å². The predicted octanol–water partition coefficient (Wildman–Crippen LogP) is 5.66. The van der Waals surface area contributed by atoms with Gasteiger partial charge in [0, 0.05) is 18.5 Å². The van der Waals surface area contributed by atoms with E-state index in [-0.39, 0.29) is 11.7 Å². The van der Waals surface area contributed by atoms with Gasteiger partial charge in [0.1, 0.15) is 5.75 Å². The molecule has 0 radical (unpaired) electrons. The van der Waals surface area contributed by atoms with Crippen LogP contribution in [-0.2, 0) is 16.6 Å². The first kappa shape index (κ1) is 27.0. The number of sulfonamides is 1. The van der Waals surface area contributed by atoms with Crippen molar-refractivity contribution in [3.63, 3.8) is 0 Å². The van der Waals surface area contributed by atoms with Gasteiger partial charge in [-0.1, -0.05) is 32.0 Å². The molecule has 4 aromatic rings. The van der Waals surface area contributed by atoms with Crippen molar-refractivity contribution >= 4 is 27.0 Å². The summed E-state index contributed by atoms with van der Waals surface area (Å²) >= 11 is 1.53. The Kier molecular flexibility index (Phi) is 8.06. The van der Waals surface area contributed by atoms with Gasteiger partial charge in [-0.25, -0.2) is 13.4 Å². The maximum atomic E-state index is 13.0. The fraction of sp³-hybridized carbons (Fsp3) is 0.276. The molecule has 0 fully saturated rings. The summed E-state index contributed by atoms with van der Waals surface area (Å²) in [5.41, 5.74) is 3.69. The van der Waals surface area contributed by atoms with E-state index in [1.807, 2.05) is 80.7 Å². The molecule has 0 atom stereocenters. The normalized spacial score (nSPS) is 13.3. The van der Waals surface area contributed by atoms with Crippen LogP contribution in [0.2, 0.25) is 0 Å². The van der Waals surface area contributed by atoms with Gasteiger partial charge < -0.3 is 18.8 Å². The number of fused-ring (bicyclic) bond motifs is 1. The third-order valence-corrected chi connectivity index (χ3v) is 9.37. The zero-order chi connectivity index (χ0) is 27.4. The molecule has 0 amide bonds. The smallest absolute Gasteiger partial charge is 0.243 e. The fourth-order valence-electron chi connectivity index (χ4n) is 4.43. The monoisotopic (exact) mass is 565 g/mol. The molecule has 0 spiro atoms. The highest BCUT2D eigenvalue weighted by atomic mass is 32.2. The summed E-state index contributed by atoms with van der Waals surface area (Å²) in [6.45, 7) is 7.87. The van der Waals surface area contributed by atoms with E-state index in [1.54, 1.807) is 12.1 Å². The molecule has 10 heteroatoms. The van der Waals surface area contributed by atoms with Crippen LogP contribution in [0.5, 0.6) is 17.2 Å². The average molecular weight is 566 g/mol. The Morgan fingerprint density at radius 2 is 1.67 bits per heavy atom. The molecular weight excluding hydrogens is 534 g/mol. The van der Waals surface area contributed by atoms with Crippen LogP contribution < -0.4 is 19.0 Å². The molecule has 5 rings (SSSR count). The van der Waals surface area contributed by atoms with Crippen molar-refractivity contribution in [1.82, 2.24) is 8.87 Å². The van der Waals surface area contributed by atoms with E-state index >= 15 is 0 Å². The van der Waals surface area contributed by atoms with E-state index in [4.69, 9.17) is 19.2 Å². The third-order valence-electron chi connectivity index (χ3n) is 6.44. The second kappa shape index (κ2) is 11.6. The van der Waals surface area contributed by atoms with Crippen LogP contribution in [0.15, 0.2) is 82.0 Å². The summed E-state index contributed by atoms with van der Waals surface area (Å²) in [6, 6.07) is 20.7. The molecule has 2 heterocycles. The lowest BCUT2D eigenvalue weighted by atomic mass is 10.1. The molecule has 0 unspecified atom stereocenters. The molecule has 0 aliphatic carbocycles. The van der Waals surface area contributed by atoms with Gasteiger partial charge in [-0.05, 0) is 66.6 Å². The maximum Gasteiger partial charge on any atom is 0.243 e. The molecule has 1 aliphatic heterocycles. The first-order valence-electron chi connectivity index (χ1n) is 12.9. The molecule has 8 nitrogen and oxygen atoms in total. The molecule has 0 saturated heterocycles. The third kappa shape index (κ3) is 5.73. The maximum absolute atomic E-state index is 13.0. The first-order valence-corrected chi connectivity index (χ1v) is 15.2. The molecule has 1 aromatic heterocycles. The quantitative estimate of drug-likeness (QED) is 0.248. The Morgan fingerprint density at radius 3 is 2.36 bits per heavy atom. The standard InChI is InChI=1S/C29H31N3O5S2/c1-4-31(5-2)39(33,34)25-14-8-22(9-15-25)26-19-38-29(30-23-10-12-24(13-11-23)35-6-3)32(26)18-21-7-16-27-28(17-21)37-20-36-27/h7-17,19H,4-6,18,20H2,1-3H3. The Hall–Kier alpha value is -3.60. The van der Waals surface area contributed by atoms with E-state index in [0.717, 1.165) is 44.6 Å². The summed E-state index contributed by atoms with van der Waals surface area (Å²) in [7, 11) is -3.53. The van der Waals surface area contributed by atoms with Crippen LogP contribution in [0.25, 0.3) is 11.3 Å². The Balaban J connectivity index is 1.54. The highest BCUT2D eigenvalue weighted by molar-refractivity contribution is 7.89. The molecule has 204 valence electrons. The Bertz CT molecular complexity index is 1600. The topological polar surface area (TPSA) is 82.4 Å². The second-order valence-corrected chi connectivity index (χ2v) is 11.6. The number of benzene rings is 3. The number of rotatable bonds is 10. The van der Waals surface area contributed by atoms with Gasteiger partial charge in [-0.2, -0.15) is 4.31 Å². The van der Waals surface area contributed by atoms with Crippen LogP contribution in [0.4, 0.5) is 5.69 Å². The van der Waals surface area contributed by atoms with Gasteiger partial charge >= 0.3 is 0 Å². The van der Waals surface area contributed by atoms with Crippen molar-refractivity contribution < 1.29 is 22.6 Å². The van der Waals surface area contributed by atoms with Crippen LogP contribution in [0.1, 0.15) is 26.3 Å². The largest absolute Gasteiger partial charge is 0.494 e. The zero-order valence-corrected chi connectivity index (χ0v) is 23.8. The minimum Gasteiger partial charge on any atom is -0.494 e. The van der Waals surface area contributed by atoms with Gasteiger partial charge in [0.15, 0.2) is 16.3 Å². The fourth-order valence-corrected chi connectivity index (χ4v) is 6.81. The van der Waals surface area contributed by atoms with E-state index in [2.05, 4.69) is 4.57 Å². The van der Waals surface area contributed by atoms with Crippen molar-refractivity contribution in [2.24, 2.45) is 4.99 Å².